The van der Waals surface area contributed by atoms with Crippen molar-refractivity contribution < 1.29 is 9.47 Å². The quantitative estimate of drug-likeness (QED) is 0.596. The zero-order valence-electron chi connectivity index (χ0n) is 16.2. The smallest absolute Gasteiger partial charge is 0.318 e. The second-order valence-corrected chi connectivity index (χ2v) is 7.06. The molecule has 1 aliphatic rings. The average molecular weight is 382 g/mol. The van der Waals surface area contributed by atoms with Gasteiger partial charge < -0.3 is 15.2 Å². The standard InChI is InChI=1S/C20H26N6O2/c1-27-10-11-28-20-22-12-17-18(24-20)26(19(21)23-17)14-16-6-4-15(5-7-16)13-25-8-2-3-9-25/h4-7,12H,2-3,8-11,13-14H2,1H3,(H2,21,23). The monoisotopic (exact) mass is 382 g/mol. The molecule has 0 bridgehead atoms. The lowest BCUT2D eigenvalue weighted by atomic mass is 10.1. The first-order chi connectivity index (χ1) is 13.7. The Bertz CT molecular complexity index is 918. The molecule has 1 saturated heterocycles. The van der Waals surface area contributed by atoms with Crippen molar-refractivity contribution in [3.8, 4) is 6.01 Å². The van der Waals surface area contributed by atoms with Crippen molar-refractivity contribution in [2.75, 3.05) is 39.1 Å². The number of rotatable bonds is 8. The maximum atomic E-state index is 6.13. The van der Waals surface area contributed by atoms with E-state index in [-0.39, 0.29) is 0 Å². The summed E-state index contributed by atoms with van der Waals surface area (Å²) < 4.78 is 12.4. The fourth-order valence-electron chi connectivity index (χ4n) is 3.49. The molecule has 148 valence electrons. The van der Waals surface area contributed by atoms with Crippen LogP contribution >= 0.6 is 0 Å². The Morgan fingerprint density at radius 2 is 1.71 bits per heavy atom. The van der Waals surface area contributed by atoms with Crippen molar-refractivity contribution in [2.24, 2.45) is 0 Å². The van der Waals surface area contributed by atoms with Gasteiger partial charge in [0.1, 0.15) is 12.1 Å². The van der Waals surface area contributed by atoms with Gasteiger partial charge in [-0.25, -0.2) is 9.97 Å². The maximum Gasteiger partial charge on any atom is 0.318 e. The summed E-state index contributed by atoms with van der Waals surface area (Å²) in [7, 11) is 1.62. The van der Waals surface area contributed by atoms with E-state index in [0.29, 0.717) is 42.9 Å². The molecule has 0 saturated carbocycles. The number of nitrogens with zero attached hydrogens (tertiary/aromatic N) is 5. The Kier molecular flexibility index (Phi) is 5.68. The lowest BCUT2D eigenvalue weighted by Gasteiger charge is -2.15. The molecule has 4 rings (SSSR count). The third-order valence-electron chi connectivity index (χ3n) is 4.98. The third kappa shape index (κ3) is 4.23. The summed E-state index contributed by atoms with van der Waals surface area (Å²) in [6.07, 6.45) is 4.25. The maximum absolute atomic E-state index is 6.13. The number of fused-ring (bicyclic) bond motifs is 1. The number of imidazole rings is 1. The predicted octanol–water partition coefficient (Wildman–Crippen LogP) is 2.08. The highest BCUT2D eigenvalue weighted by Gasteiger charge is 2.14. The SMILES string of the molecule is COCCOc1ncc2nc(N)n(Cc3ccc(CN4CCCC4)cc3)c2n1. The van der Waals surface area contributed by atoms with Gasteiger partial charge in [0.25, 0.3) is 0 Å². The summed E-state index contributed by atoms with van der Waals surface area (Å²) >= 11 is 0. The number of anilines is 1. The summed E-state index contributed by atoms with van der Waals surface area (Å²) in [5.74, 6) is 0.416. The molecule has 0 atom stereocenters. The average Bonchev–Trinajstić information content (AvgIpc) is 3.32. The minimum absolute atomic E-state index is 0.298. The number of methoxy groups -OCH3 is 1. The number of benzene rings is 1. The number of likely N-dealkylation sites (tertiary alicyclic amines) is 1. The van der Waals surface area contributed by atoms with Gasteiger partial charge in [-0.05, 0) is 37.1 Å². The van der Waals surface area contributed by atoms with Crippen LogP contribution in [0.1, 0.15) is 24.0 Å². The molecule has 3 heterocycles. The fourth-order valence-corrected chi connectivity index (χ4v) is 3.49. The lowest BCUT2D eigenvalue weighted by Crippen LogP contribution is -2.18. The van der Waals surface area contributed by atoms with Gasteiger partial charge in [-0.2, -0.15) is 4.98 Å². The van der Waals surface area contributed by atoms with Crippen LogP contribution in [-0.2, 0) is 17.8 Å². The summed E-state index contributed by atoms with van der Waals surface area (Å²) in [5, 5.41) is 0. The molecular formula is C20H26N6O2. The Labute approximate surface area is 164 Å². The number of aromatic nitrogens is 4. The van der Waals surface area contributed by atoms with E-state index >= 15 is 0 Å². The van der Waals surface area contributed by atoms with Gasteiger partial charge in [-0.3, -0.25) is 9.47 Å². The van der Waals surface area contributed by atoms with Gasteiger partial charge in [0, 0.05) is 13.7 Å². The van der Waals surface area contributed by atoms with E-state index in [2.05, 4.69) is 44.1 Å². The highest BCUT2D eigenvalue weighted by Crippen LogP contribution is 2.20. The summed E-state index contributed by atoms with van der Waals surface area (Å²) in [6, 6.07) is 8.97. The Hall–Kier alpha value is -2.71. The molecule has 0 aliphatic carbocycles. The molecule has 2 N–H and O–H groups in total. The number of hydrogen-bond acceptors (Lipinski definition) is 7. The van der Waals surface area contributed by atoms with Gasteiger partial charge >= 0.3 is 6.01 Å². The van der Waals surface area contributed by atoms with E-state index in [9.17, 15) is 0 Å². The Balaban J connectivity index is 1.49. The second kappa shape index (κ2) is 8.53. The van der Waals surface area contributed by atoms with E-state index in [0.717, 1.165) is 12.1 Å². The van der Waals surface area contributed by atoms with Crippen molar-refractivity contribution in [1.82, 2.24) is 24.4 Å². The normalized spacial score (nSPS) is 14.8. The van der Waals surface area contributed by atoms with E-state index < -0.39 is 0 Å². The highest BCUT2D eigenvalue weighted by molar-refractivity contribution is 5.73. The fraction of sp³-hybridized carbons (Fsp3) is 0.450. The molecule has 28 heavy (non-hydrogen) atoms. The highest BCUT2D eigenvalue weighted by atomic mass is 16.5. The topological polar surface area (TPSA) is 91.3 Å². The van der Waals surface area contributed by atoms with Crippen molar-refractivity contribution >= 4 is 17.1 Å². The minimum atomic E-state index is 0.298. The first-order valence-corrected chi connectivity index (χ1v) is 9.63. The zero-order valence-corrected chi connectivity index (χ0v) is 16.2. The van der Waals surface area contributed by atoms with Crippen LogP contribution in [0.4, 0.5) is 5.95 Å². The van der Waals surface area contributed by atoms with Crippen LogP contribution in [0.3, 0.4) is 0 Å². The number of nitrogen functional groups attached to an aromatic ring is 1. The first kappa shape index (κ1) is 18.6. The van der Waals surface area contributed by atoms with Crippen molar-refractivity contribution in [3.63, 3.8) is 0 Å². The molecule has 2 aromatic heterocycles. The third-order valence-corrected chi connectivity index (χ3v) is 4.98. The molecule has 8 heteroatoms. The number of ether oxygens (including phenoxy) is 2. The van der Waals surface area contributed by atoms with E-state index in [1.54, 1.807) is 13.3 Å². The summed E-state index contributed by atoms with van der Waals surface area (Å²) in [4.78, 5) is 15.5. The van der Waals surface area contributed by atoms with Crippen LogP contribution in [0.5, 0.6) is 6.01 Å². The van der Waals surface area contributed by atoms with Crippen LogP contribution < -0.4 is 10.5 Å². The summed E-state index contributed by atoms with van der Waals surface area (Å²) in [6.45, 7) is 4.89. The van der Waals surface area contributed by atoms with Crippen LogP contribution in [0.2, 0.25) is 0 Å². The molecule has 1 aliphatic heterocycles. The molecule has 0 radical (unpaired) electrons. The van der Waals surface area contributed by atoms with Crippen LogP contribution in [-0.4, -0.2) is 57.8 Å². The zero-order chi connectivity index (χ0) is 19.3. The Morgan fingerprint density at radius 1 is 1.00 bits per heavy atom. The van der Waals surface area contributed by atoms with Crippen molar-refractivity contribution in [2.45, 2.75) is 25.9 Å². The van der Waals surface area contributed by atoms with Gasteiger partial charge in [0.05, 0.1) is 19.3 Å². The van der Waals surface area contributed by atoms with Crippen LogP contribution in [0, 0.1) is 0 Å². The molecule has 0 amide bonds. The molecule has 8 nitrogen and oxygen atoms in total. The van der Waals surface area contributed by atoms with Gasteiger partial charge in [-0.15, -0.1) is 0 Å². The second-order valence-electron chi connectivity index (χ2n) is 7.06. The largest absolute Gasteiger partial charge is 0.461 e. The number of hydrogen-bond donors (Lipinski definition) is 1. The van der Waals surface area contributed by atoms with Crippen LogP contribution in [0.25, 0.3) is 11.2 Å². The molecule has 1 fully saturated rings. The van der Waals surface area contributed by atoms with E-state index in [1.165, 1.54) is 31.5 Å². The molecular weight excluding hydrogens is 356 g/mol. The van der Waals surface area contributed by atoms with E-state index in [1.807, 2.05) is 4.57 Å². The van der Waals surface area contributed by atoms with Crippen molar-refractivity contribution in [3.05, 3.63) is 41.6 Å². The van der Waals surface area contributed by atoms with E-state index in [4.69, 9.17) is 15.2 Å². The Morgan fingerprint density at radius 3 is 2.43 bits per heavy atom. The molecule has 0 spiro atoms. The van der Waals surface area contributed by atoms with Crippen LogP contribution in [0.15, 0.2) is 30.5 Å². The van der Waals surface area contributed by atoms with Gasteiger partial charge in [0.15, 0.2) is 5.65 Å². The minimum Gasteiger partial charge on any atom is -0.461 e. The predicted molar refractivity (Wildman–Crippen MR) is 107 cm³/mol. The van der Waals surface area contributed by atoms with Gasteiger partial charge in [-0.1, -0.05) is 24.3 Å². The van der Waals surface area contributed by atoms with Crippen molar-refractivity contribution in [1.29, 1.82) is 0 Å². The first-order valence-electron chi connectivity index (χ1n) is 9.63. The molecule has 3 aromatic rings. The molecule has 0 unspecified atom stereocenters. The lowest BCUT2D eigenvalue weighted by molar-refractivity contribution is 0.141. The van der Waals surface area contributed by atoms with Gasteiger partial charge in [0.2, 0.25) is 5.95 Å². The number of nitrogens with two attached hydrogens (primary N) is 1. The molecule has 1 aromatic carbocycles. The summed E-state index contributed by atoms with van der Waals surface area (Å²) in [5.41, 5.74) is 9.94.